The highest BCUT2D eigenvalue weighted by molar-refractivity contribution is 6.07. The molecule has 0 saturated carbocycles. The summed E-state index contributed by atoms with van der Waals surface area (Å²) in [6, 6.07) is 3.29. The summed E-state index contributed by atoms with van der Waals surface area (Å²) in [5.74, 6) is -1.93. The summed E-state index contributed by atoms with van der Waals surface area (Å²) in [6.45, 7) is 3.02. The van der Waals surface area contributed by atoms with Gasteiger partial charge in [-0.2, -0.15) is 5.10 Å². The van der Waals surface area contributed by atoms with Crippen LogP contribution in [0.25, 0.3) is 0 Å². The number of aromatic carboxylic acids is 1. The Morgan fingerprint density at radius 3 is 2.64 bits per heavy atom. The summed E-state index contributed by atoms with van der Waals surface area (Å²) in [7, 11) is 0. The smallest absolute Gasteiger partial charge is 0.357 e. The van der Waals surface area contributed by atoms with Gasteiger partial charge in [0.1, 0.15) is 5.69 Å². The van der Waals surface area contributed by atoms with Crippen LogP contribution >= 0.6 is 0 Å². The molecule has 0 bridgehead atoms. The summed E-state index contributed by atoms with van der Waals surface area (Å²) in [5.41, 5.74) is -0.921. The van der Waals surface area contributed by atoms with E-state index in [0.717, 1.165) is 4.68 Å². The lowest BCUT2D eigenvalue weighted by molar-refractivity contribution is 0.0682. The fourth-order valence-electron chi connectivity index (χ4n) is 1.97. The second-order valence-corrected chi connectivity index (χ2v) is 4.45. The molecule has 0 aliphatic carbocycles. The third-order valence-electron chi connectivity index (χ3n) is 2.94. The van der Waals surface area contributed by atoms with Gasteiger partial charge in [0, 0.05) is 12.7 Å². The van der Waals surface area contributed by atoms with Crippen molar-refractivity contribution in [3.05, 3.63) is 46.1 Å². The normalized spacial score (nSPS) is 10.3. The van der Waals surface area contributed by atoms with E-state index in [0.29, 0.717) is 5.69 Å². The largest absolute Gasteiger partial charge is 0.476 e. The van der Waals surface area contributed by atoms with Crippen molar-refractivity contribution in [1.29, 1.82) is 0 Å². The monoisotopic (exact) mass is 302 g/mol. The van der Waals surface area contributed by atoms with Crippen LogP contribution in [-0.4, -0.2) is 31.6 Å². The molecule has 0 aliphatic heterocycles. The van der Waals surface area contributed by atoms with Gasteiger partial charge in [-0.25, -0.2) is 9.48 Å². The second kappa shape index (κ2) is 6.17. The SMILES string of the molecule is CCn1nc(C(=O)O)c(C(C)=O)c(Nc2cccnc2)c1=O. The number of pyridine rings is 1. The topological polar surface area (TPSA) is 114 Å². The Morgan fingerprint density at radius 2 is 2.14 bits per heavy atom. The van der Waals surface area contributed by atoms with Crippen LogP contribution in [0.4, 0.5) is 11.4 Å². The molecule has 0 radical (unpaired) electrons. The summed E-state index contributed by atoms with van der Waals surface area (Å²) in [6.07, 6.45) is 3.01. The predicted molar refractivity (Wildman–Crippen MR) is 78.7 cm³/mol. The van der Waals surface area contributed by atoms with Crippen molar-refractivity contribution in [2.24, 2.45) is 0 Å². The molecule has 22 heavy (non-hydrogen) atoms. The molecule has 0 spiro atoms. The first-order valence-electron chi connectivity index (χ1n) is 6.52. The van der Waals surface area contributed by atoms with E-state index in [9.17, 15) is 19.5 Å². The molecule has 2 rings (SSSR count). The van der Waals surface area contributed by atoms with E-state index < -0.39 is 23.0 Å². The molecule has 0 saturated heterocycles. The van der Waals surface area contributed by atoms with E-state index in [1.165, 1.54) is 13.1 Å². The Kier molecular flexibility index (Phi) is 4.31. The third-order valence-corrected chi connectivity index (χ3v) is 2.94. The predicted octanol–water partition coefficient (Wildman–Crippen LogP) is 1.30. The fraction of sp³-hybridized carbons (Fsp3) is 0.214. The molecule has 0 amide bonds. The quantitative estimate of drug-likeness (QED) is 0.800. The summed E-state index contributed by atoms with van der Waals surface area (Å²) < 4.78 is 0.995. The van der Waals surface area contributed by atoms with Crippen LogP contribution in [0.2, 0.25) is 0 Å². The average Bonchev–Trinajstić information content (AvgIpc) is 2.49. The highest BCUT2D eigenvalue weighted by Gasteiger charge is 2.24. The van der Waals surface area contributed by atoms with E-state index >= 15 is 0 Å². The maximum absolute atomic E-state index is 12.4. The Labute approximate surface area is 125 Å². The van der Waals surface area contributed by atoms with E-state index in [2.05, 4.69) is 15.4 Å². The van der Waals surface area contributed by atoms with Crippen LogP contribution < -0.4 is 10.9 Å². The molecular formula is C14H14N4O4. The van der Waals surface area contributed by atoms with Gasteiger partial charge < -0.3 is 10.4 Å². The molecule has 2 aromatic heterocycles. The minimum absolute atomic E-state index is 0.116. The lowest BCUT2D eigenvalue weighted by Crippen LogP contribution is -2.30. The fourth-order valence-corrected chi connectivity index (χ4v) is 1.97. The number of hydrogen-bond donors (Lipinski definition) is 2. The number of anilines is 2. The van der Waals surface area contributed by atoms with E-state index in [1.807, 2.05) is 0 Å². The van der Waals surface area contributed by atoms with Gasteiger partial charge in [-0.1, -0.05) is 0 Å². The maximum atomic E-state index is 12.4. The van der Waals surface area contributed by atoms with Gasteiger partial charge in [0.2, 0.25) is 0 Å². The van der Waals surface area contributed by atoms with E-state index in [1.54, 1.807) is 25.3 Å². The minimum atomic E-state index is -1.37. The number of carbonyl (C=O) groups is 2. The lowest BCUT2D eigenvalue weighted by Gasteiger charge is -2.13. The molecule has 2 N–H and O–H groups in total. The van der Waals surface area contributed by atoms with Gasteiger partial charge in [0.15, 0.2) is 11.5 Å². The van der Waals surface area contributed by atoms with Crippen LogP contribution in [0.15, 0.2) is 29.3 Å². The average molecular weight is 302 g/mol. The number of aryl methyl sites for hydroxylation is 1. The first-order valence-corrected chi connectivity index (χ1v) is 6.52. The van der Waals surface area contributed by atoms with E-state index in [-0.39, 0.29) is 17.8 Å². The van der Waals surface area contributed by atoms with Crippen molar-refractivity contribution >= 4 is 23.1 Å². The Bertz CT molecular complexity index is 783. The summed E-state index contributed by atoms with van der Waals surface area (Å²) in [4.78, 5) is 39.4. The van der Waals surface area contributed by atoms with Crippen molar-refractivity contribution < 1.29 is 14.7 Å². The van der Waals surface area contributed by atoms with Crippen molar-refractivity contribution in [1.82, 2.24) is 14.8 Å². The van der Waals surface area contributed by atoms with Gasteiger partial charge >= 0.3 is 5.97 Å². The van der Waals surface area contributed by atoms with Crippen molar-refractivity contribution in [2.75, 3.05) is 5.32 Å². The molecule has 0 unspecified atom stereocenters. The highest BCUT2D eigenvalue weighted by Crippen LogP contribution is 2.19. The zero-order valence-electron chi connectivity index (χ0n) is 12.0. The zero-order chi connectivity index (χ0) is 16.3. The number of carbonyl (C=O) groups excluding carboxylic acids is 1. The van der Waals surface area contributed by atoms with Gasteiger partial charge in [0.05, 0.1) is 17.4 Å². The number of nitrogens with one attached hydrogen (secondary N) is 1. The van der Waals surface area contributed by atoms with Crippen LogP contribution in [0.3, 0.4) is 0 Å². The Hall–Kier alpha value is -3.03. The molecule has 0 aliphatic rings. The Morgan fingerprint density at radius 1 is 1.41 bits per heavy atom. The van der Waals surface area contributed by atoms with Crippen molar-refractivity contribution in [3.63, 3.8) is 0 Å². The standard InChI is InChI=1S/C14H14N4O4/c1-3-18-13(20)11(16-9-5-4-6-15-7-9)10(8(2)19)12(17-18)14(21)22/h4-7,16H,3H2,1-2H3,(H,21,22). The molecule has 8 nitrogen and oxygen atoms in total. The summed E-state index contributed by atoms with van der Waals surface area (Å²) >= 11 is 0. The number of nitrogens with zero attached hydrogens (tertiary/aromatic N) is 3. The molecule has 0 atom stereocenters. The molecule has 2 aromatic rings. The van der Waals surface area contributed by atoms with Crippen molar-refractivity contribution in [3.8, 4) is 0 Å². The molecule has 2 heterocycles. The molecule has 8 heteroatoms. The second-order valence-electron chi connectivity index (χ2n) is 4.45. The van der Waals surface area contributed by atoms with Gasteiger partial charge in [-0.05, 0) is 26.0 Å². The highest BCUT2D eigenvalue weighted by atomic mass is 16.4. The zero-order valence-corrected chi connectivity index (χ0v) is 12.0. The Balaban J connectivity index is 2.73. The molecule has 0 fully saturated rings. The third kappa shape index (κ3) is 2.85. The van der Waals surface area contributed by atoms with Gasteiger partial charge in [0.25, 0.3) is 5.56 Å². The van der Waals surface area contributed by atoms with Crippen LogP contribution in [0, 0.1) is 0 Å². The van der Waals surface area contributed by atoms with Crippen LogP contribution in [-0.2, 0) is 6.54 Å². The number of carboxylic acid groups (broad SMARTS) is 1. The first kappa shape index (κ1) is 15.4. The first-order chi connectivity index (χ1) is 10.5. The van der Waals surface area contributed by atoms with E-state index in [4.69, 9.17) is 0 Å². The number of Topliss-reactive ketones (excluding diaryl/α,β-unsaturated/α-hetero) is 1. The lowest BCUT2D eigenvalue weighted by atomic mass is 10.1. The van der Waals surface area contributed by atoms with Gasteiger partial charge in [-0.3, -0.25) is 14.6 Å². The van der Waals surface area contributed by atoms with Gasteiger partial charge in [-0.15, -0.1) is 0 Å². The minimum Gasteiger partial charge on any atom is -0.476 e. The number of ketones is 1. The maximum Gasteiger partial charge on any atom is 0.357 e. The number of rotatable bonds is 5. The number of hydrogen-bond acceptors (Lipinski definition) is 6. The van der Waals surface area contributed by atoms with Crippen molar-refractivity contribution in [2.45, 2.75) is 20.4 Å². The van der Waals surface area contributed by atoms with Crippen LogP contribution in [0.1, 0.15) is 34.7 Å². The molecular weight excluding hydrogens is 288 g/mol. The number of aromatic nitrogens is 3. The number of carboxylic acids is 1. The van der Waals surface area contributed by atoms with Crippen LogP contribution in [0.5, 0.6) is 0 Å². The molecule has 0 aromatic carbocycles. The summed E-state index contributed by atoms with van der Waals surface area (Å²) in [5, 5.41) is 15.8. The molecule has 114 valence electrons.